The second kappa shape index (κ2) is 5.85. The molecule has 0 spiro atoms. The third kappa shape index (κ3) is 2.56. The van der Waals surface area contributed by atoms with Gasteiger partial charge in [0.25, 0.3) is 0 Å². The van der Waals surface area contributed by atoms with Gasteiger partial charge in [-0.3, -0.25) is 9.79 Å². The van der Waals surface area contributed by atoms with Crippen LogP contribution in [0, 0.1) is 31.1 Å². The highest BCUT2D eigenvalue weighted by molar-refractivity contribution is 8.14. The fourth-order valence-electron chi connectivity index (χ4n) is 6.58. The molecular weight excluding hydrogens is 340 g/mol. The van der Waals surface area contributed by atoms with E-state index in [1.807, 2.05) is 0 Å². The molecule has 1 heterocycles. The van der Waals surface area contributed by atoms with E-state index in [0.717, 1.165) is 36.7 Å². The van der Waals surface area contributed by atoms with Gasteiger partial charge >= 0.3 is 0 Å². The highest BCUT2D eigenvalue weighted by Crippen LogP contribution is 2.65. The smallest absolute Gasteiger partial charge is 0.232 e. The van der Waals surface area contributed by atoms with Crippen LogP contribution in [0.2, 0.25) is 0 Å². The van der Waals surface area contributed by atoms with Gasteiger partial charge in [0.05, 0.1) is 12.0 Å². The zero-order chi connectivity index (χ0) is 17.9. The number of nitrogens with zero attached hydrogens (tertiary/aromatic N) is 1. The van der Waals surface area contributed by atoms with Crippen molar-refractivity contribution in [2.45, 2.75) is 57.8 Å². The lowest BCUT2D eigenvalue weighted by Gasteiger charge is -2.61. The molecule has 4 aliphatic carbocycles. The summed E-state index contributed by atoms with van der Waals surface area (Å²) in [7, 11) is 0. The Morgan fingerprint density at radius 2 is 1.92 bits per heavy atom. The van der Waals surface area contributed by atoms with Crippen LogP contribution in [0.15, 0.2) is 23.2 Å². The van der Waals surface area contributed by atoms with Gasteiger partial charge in [0.2, 0.25) is 5.91 Å². The summed E-state index contributed by atoms with van der Waals surface area (Å²) >= 11 is 1.69. The molecule has 0 saturated heterocycles. The van der Waals surface area contributed by atoms with E-state index in [9.17, 15) is 4.79 Å². The number of hydrogen-bond acceptors (Lipinski definition) is 3. The summed E-state index contributed by atoms with van der Waals surface area (Å²) in [6, 6.07) is 7.03. The number of aliphatic imine (C=N–C) groups is 1. The topological polar surface area (TPSA) is 41.5 Å². The van der Waals surface area contributed by atoms with Crippen LogP contribution < -0.4 is 5.32 Å². The van der Waals surface area contributed by atoms with Crippen LogP contribution in [0.3, 0.4) is 0 Å². The Morgan fingerprint density at radius 3 is 2.58 bits per heavy atom. The number of amidine groups is 1. The quantitative estimate of drug-likeness (QED) is 0.843. The van der Waals surface area contributed by atoms with Gasteiger partial charge in [-0.2, -0.15) is 0 Å². The third-order valence-corrected chi connectivity index (χ3v) is 8.36. The van der Waals surface area contributed by atoms with Crippen LogP contribution >= 0.6 is 11.8 Å². The first-order chi connectivity index (χ1) is 12.5. The van der Waals surface area contributed by atoms with Crippen molar-refractivity contribution < 1.29 is 4.79 Å². The molecule has 3 nitrogen and oxygen atoms in total. The molecule has 4 fully saturated rings. The lowest BCUT2D eigenvalue weighted by molar-refractivity contribution is -0.147. The van der Waals surface area contributed by atoms with Crippen molar-refractivity contribution in [1.29, 1.82) is 0 Å². The summed E-state index contributed by atoms with van der Waals surface area (Å²) in [4.78, 5) is 17.8. The lowest BCUT2D eigenvalue weighted by Crippen LogP contribution is -2.59. The SMILES string of the molecule is Cc1ccc(C23C[C@H]4C[C@@H](CC(C(=O)NC5=NCCS5)(C4)C2)C3)cc1C. The molecular formula is C22H28N2OS. The van der Waals surface area contributed by atoms with Gasteiger partial charge in [-0.15, -0.1) is 0 Å². The number of benzene rings is 1. The summed E-state index contributed by atoms with van der Waals surface area (Å²) in [5.74, 6) is 2.68. The van der Waals surface area contributed by atoms with Crippen LogP contribution in [-0.4, -0.2) is 23.4 Å². The van der Waals surface area contributed by atoms with E-state index in [0.29, 0.717) is 11.8 Å². The average Bonchev–Trinajstić information content (AvgIpc) is 3.09. The molecule has 1 amide bonds. The largest absolute Gasteiger partial charge is 0.305 e. The number of aryl methyl sites for hydroxylation is 2. The minimum Gasteiger partial charge on any atom is -0.305 e. The van der Waals surface area contributed by atoms with Gasteiger partial charge < -0.3 is 5.32 Å². The van der Waals surface area contributed by atoms with Crippen molar-refractivity contribution in [3.8, 4) is 0 Å². The van der Waals surface area contributed by atoms with Gasteiger partial charge in [-0.05, 0) is 86.3 Å². The van der Waals surface area contributed by atoms with E-state index in [1.54, 1.807) is 11.8 Å². The monoisotopic (exact) mass is 368 g/mol. The molecule has 26 heavy (non-hydrogen) atoms. The molecule has 2 atom stereocenters. The van der Waals surface area contributed by atoms with Gasteiger partial charge in [-0.25, -0.2) is 0 Å². The summed E-state index contributed by atoms with van der Waals surface area (Å²) in [5, 5.41) is 4.05. The Hall–Kier alpha value is -1.29. The van der Waals surface area contributed by atoms with Crippen molar-refractivity contribution in [3.05, 3.63) is 34.9 Å². The van der Waals surface area contributed by atoms with E-state index < -0.39 is 0 Å². The van der Waals surface area contributed by atoms with Crippen molar-refractivity contribution in [1.82, 2.24) is 5.32 Å². The molecule has 1 aliphatic heterocycles. The standard InChI is InChI=1S/C22H28N2OS/c1-14-3-4-18(7-15(14)2)21-9-16-8-17(10-21)12-22(11-16,13-21)19(25)24-20-23-5-6-26-20/h3-4,7,16-17H,5-6,8-13H2,1-2H3,(H,23,24,25)/t16-,17-,21?,22?/m1/s1. The fraction of sp³-hybridized carbons (Fsp3) is 0.636. The van der Waals surface area contributed by atoms with Crippen molar-refractivity contribution in [3.63, 3.8) is 0 Å². The van der Waals surface area contributed by atoms with E-state index in [4.69, 9.17) is 0 Å². The van der Waals surface area contributed by atoms with Gasteiger partial charge in [0, 0.05) is 5.75 Å². The average molecular weight is 369 g/mol. The van der Waals surface area contributed by atoms with Gasteiger partial charge in [-0.1, -0.05) is 30.0 Å². The minimum atomic E-state index is -0.172. The molecule has 4 heteroatoms. The number of thioether (sulfide) groups is 1. The maximum absolute atomic E-state index is 13.3. The van der Waals surface area contributed by atoms with E-state index in [1.165, 1.54) is 36.0 Å². The predicted octanol–water partition coefficient (Wildman–Crippen LogP) is 4.36. The Labute approximate surface area is 160 Å². The first-order valence-corrected chi connectivity index (χ1v) is 11.0. The predicted molar refractivity (Wildman–Crippen MR) is 108 cm³/mol. The van der Waals surface area contributed by atoms with E-state index >= 15 is 0 Å². The molecule has 6 rings (SSSR count). The maximum atomic E-state index is 13.3. The molecule has 5 aliphatic rings. The normalized spacial score (nSPS) is 37.7. The van der Waals surface area contributed by atoms with Gasteiger partial charge in [0.15, 0.2) is 5.17 Å². The molecule has 1 aromatic carbocycles. The molecule has 1 aromatic rings. The second-order valence-electron chi connectivity index (χ2n) is 9.31. The Kier molecular flexibility index (Phi) is 3.79. The highest BCUT2D eigenvalue weighted by atomic mass is 32.2. The van der Waals surface area contributed by atoms with Crippen LogP contribution in [0.4, 0.5) is 0 Å². The first kappa shape index (κ1) is 16.9. The Balaban J connectivity index is 1.49. The molecule has 0 unspecified atom stereocenters. The van der Waals surface area contributed by atoms with Crippen LogP contribution in [0.5, 0.6) is 0 Å². The Bertz CT molecular complexity index is 785. The number of carbonyl (C=O) groups excluding carboxylic acids is 1. The Morgan fingerprint density at radius 1 is 1.15 bits per heavy atom. The molecule has 138 valence electrons. The number of nitrogens with one attached hydrogen (secondary N) is 1. The summed E-state index contributed by atoms with van der Waals surface area (Å²) in [6.07, 6.45) is 7.07. The number of carbonyl (C=O) groups is 1. The fourth-order valence-corrected chi connectivity index (χ4v) is 7.30. The van der Waals surface area contributed by atoms with Crippen molar-refractivity contribution in [2.75, 3.05) is 12.3 Å². The van der Waals surface area contributed by atoms with Crippen LogP contribution in [0.1, 0.15) is 55.2 Å². The number of rotatable bonds is 2. The van der Waals surface area contributed by atoms with Gasteiger partial charge in [0.1, 0.15) is 0 Å². The molecule has 4 bridgehead atoms. The van der Waals surface area contributed by atoms with Crippen LogP contribution in [-0.2, 0) is 10.2 Å². The highest BCUT2D eigenvalue weighted by Gasteiger charge is 2.61. The summed E-state index contributed by atoms with van der Waals surface area (Å²) in [5.41, 5.74) is 4.27. The van der Waals surface area contributed by atoms with Crippen LogP contribution in [0.25, 0.3) is 0 Å². The minimum absolute atomic E-state index is 0.172. The molecule has 0 aromatic heterocycles. The second-order valence-corrected chi connectivity index (χ2v) is 10.4. The first-order valence-electron chi connectivity index (χ1n) is 10.0. The summed E-state index contributed by atoms with van der Waals surface area (Å²) in [6.45, 7) is 5.25. The van der Waals surface area contributed by atoms with Crippen molar-refractivity contribution in [2.24, 2.45) is 22.2 Å². The number of amides is 1. The molecule has 4 saturated carbocycles. The van der Waals surface area contributed by atoms with E-state index in [-0.39, 0.29) is 16.7 Å². The third-order valence-electron chi connectivity index (χ3n) is 7.47. The zero-order valence-electron chi connectivity index (χ0n) is 15.8. The zero-order valence-corrected chi connectivity index (χ0v) is 16.6. The number of hydrogen-bond donors (Lipinski definition) is 1. The van der Waals surface area contributed by atoms with Crippen molar-refractivity contribution >= 4 is 22.8 Å². The van der Waals surface area contributed by atoms with E-state index in [2.05, 4.69) is 42.4 Å². The maximum Gasteiger partial charge on any atom is 0.232 e. The summed E-state index contributed by atoms with van der Waals surface area (Å²) < 4.78 is 0. The molecule has 0 radical (unpaired) electrons. The lowest BCUT2D eigenvalue weighted by atomic mass is 9.42. The molecule has 1 N–H and O–H groups in total.